The number of rotatable bonds is 5. The van der Waals surface area contributed by atoms with Crippen molar-refractivity contribution in [3.8, 4) is 0 Å². The van der Waals surface area contributed by atoms with Gasteiger partial charge in [0, 0.05) is 12.7 Å². The first-order chi connectivity index (χ1) is 7.13. The molecule has 1 aromatic heterocycles. The highest BCUT2D eigenvalue weighted by atomic mass is 16.5. The molecule has 0 unspecified atom stereocenters. The van der Waals surface area contributed by atoms with Crippen LogP contribution >= 0.6 is 0 Å². The van der Waals surface area contributed by atoms with Crippen LogP contribution in [0, 0.1) is 0 Å². The minimum Gasteiger partial charge on any atom is -0.461 e. The summed E-state index contributed by atoms with van der Waals surface area (Å²) in [7, 11) is 3.99. The number of hydrogen-bond acceptors (Lipinski definition) is 4. The van der Waals surface area contributed by atoms with Gasteiger partial charge in [0.15, 0.2) is 5.69 Å². The molecule has 0 amide bonds. The van der Waals surface area contributed by atoms with Crippen LogP contribution in [0.5, 0.6) is 0 Å². The molecular formula is C10H17N3O2. The summed E-state index contributed by atoms with van der Waals surface area (Å²) in [6, 6.07) is 1.67. The Morgan fingerprint density at radius 2 is 2.33 bits per heavy atom. The fraction of sp³-hybridized carbons (Fsp3) is 0.600. The molecule has 1 aromatic rings. The molecule has 0 aromatic carbocycles. The van der Waals surface area contributed by atoms with Crippen LogP contribution in [0.15, 0.2) is 12.3 Å². The lowest BCUT2D eigenvalue weighted by Crippen LogP contribution is -2.19. The zero-order chi connectivity index (χ0) is 11.3. The molecule has 5 nitrogen and oxygen atoms in total. The smallest absolute Gasteiger partial charge is 0.358 e. The zero-order valence-electron chi connectivity index (χ0n) is 9.43. The molecule has 0 aliphatic rings. The molecular weight excluding hydrogens is 194 g/mol. The number of aromatic nitrogens is 2. The second-order valence-electron chi connectivity index (χ2n) is 3.49. The number of nitrogens with zero attached hydrogens (tertiary/aromatic N) is 3. The Bertz CT molecular complexity index is 320. The minimum atomic E-state index is -0.360. The third-order valence-electron chi connectivity index (χ3n) is 1.90. The summed E-state index contributed by atoms with van der Waals surface area (Å²) in [5, 5.41) is 4.12. The highest BCUT2D eigenvalue weighted by Crippen LogP contribution is 1.98. The van der Waals surface area contributed by atoms with Gasteiger partial charge < -0.3 is 9.64 Å². The third kappa shape index (κ3) is 3.71. The van der Waals surface area contributed by atoms with Crippen LogP contribution < -0.4 is 0 Å². The van der Waals surface area contributed by atoms with Crippen LogP contribution in [0.1, 0.15) is 17.4 Å². The van der Waals surface area contributed by atoms with E-state index in [4.69, 9.17) is 4.74 Å². The number of carbonyl (C=O) groups excluding carboxylic acids is 1. The van der Waals surface area contributed by atoms with Crippen LogP contribution in [0.2, 0.25) is 0 Å². The lowest BCUT2D eigenvalue weighted by atomic mass is 10.4. The van der Waals surface area contributed by atoms with E-state index in [2.05, 4.69) is 10.00 Å². The van der Waals surface area contributed by atoms with E-state index < -0.39 is 0 Å². The van der Waals surface area contributed by atoms with Crippen molar-refractivity contribution < 1.29 is 9.53 Å². The molecule has 0 N–H and O–H groups in total. The fourth-order valence-corrected chi connectivity index (χ4v) is 1.10. The zero-order valence-corrected chi connectivity index (χ0v) is 9.43. The maximum Gasteiger partial charge on any atom is 0.358 e. The molecule has 0 aliphatic heterocycles. The predicted octanol–water partition coefficient (Wildman–Crippen LogP) is 0.621. The van der Waals surface area contributed by atoms with Crippen LogP contribution in [-0.4, -0.2) is 47.9 Å². The SMILES string of the molecule is CCOC(=O)c1ccn(CCN(C)C)n1. The van der Waals surface area contributed by atoms with Crippen LogP contribution in [0.25, 0.3) is 0 Å². The molecule has 0 atom stereocenters. The first-order valence-corrected chi connectivity index (χ1v) is 4.98. The molecule has 1 rings (SSSR count). The quantitative estimate of drug-likeness (QED) is 0.670. The van der Waals surface area contributed by atoms with E-state index in [-0.39, 0.29) is 5.97 Å². The van der Waals surface area contributed by atoms with E-state index in [0.717, 1.165) is 13.1 Å². The van der Waals surface area contributed by atoms with E-state index in [1.807, 2.05) is 14.1 Å². The van der Waals surface area contributed by atoms with Crippen molar-refractivity contribution in [1.82, 2.24) is 14.7 Å². The molecule has 15 heavy (non-hydrogen) atoms. The standard InChI is InChI=1S/C10H17N3O2/c1-4-15-10(14)9-5-6-13(11-9)8-7-12(2)3/h5-6H,4,7-8H2,1-3H3. The second kappa shape index (κ2) is 5.50. The van der Waals surface area contributed by atoms with Gasteiger partial charge in [-0.15, -0.1) is 0 Å². The maximum atomic E-state index is 11.3. The molecule has 0 saturated heterocycles. The summed E-state index contributed by atoms with van der Waals surface area (Å²) >= 11 is 0. The van der Waals surface area contributed by atoms with Crippen molar-refractivity contribution in [3.63, 3.8) is 0 Å². The Hall–Kier alpha value is -1.36. The van der Waals surface area contributed by atoms with Gasteiger partial charge in [-0.05, 0) is 27.1 Å². The van der Waals surface area contributed by atoms with Crippen molar-refractivity contribution in [3.05, 3.63) is 18.0 Å². The number of likely N-dealkylation sites (N-methyl/N-ethyl adjacent to an activating group) is 1. The van der Waals surface area contributed by atoms with Crippen molar-refractivity contribution >= 4 is 5.97 Å². The summed E-state index contributed by atoms with van der Waals surface area (Å²) in [5.41, 5.74) is 0.371. The molecule has 0 bridgehead atoms. The van der Waals surface area contributed by atoms with Crippen LogP contribution in [0.3, 0.4) is 0 Å². The van der Waals surface area contributed by atoms with E-state index in [0.29, 0.717) is 12.3 Å². The van der Waals surface area contributed by atoms with Crippen molar-refractivity contribution in [2.75, 3.05) is 27.2 Å². The van der Waals surface area contributed by atoms with Gasteiger partial charge in [0.25, 0.3) is 0 Å². The Morgan fingerprint density at radius 3 is 2.93 bits per heavy atom. The molecule has 84 valence electrons. The average Bonchev–Trinajstić information content (AvgIpc) is 2.63. The summed E-state index contributed by atoms with van der Waals surface area (Å²) in [4.78, 5) is 13.3. The normalized spacial score (nSPS) is 10.7. The molecule has 0 saturated carbocycles. The summed E-state index contributed by atoms with van der Waals surface area (Å²) in [6.07, 6.45) is 1.79. The van der Waals surface area contributed by atoms with Gasteiger partial charge in [-0.3, -0.25) is 4.68 Å². The second-order valence-corrected chi connectivity index (χ2v) is 3.49. The van der Waals surface area contributed by atoms with E-state index >= 15 is 0 Å². The van der Waals surface area contributed by atoms with Gasteiger partial charge in [-0.2, -0.15) is 5.10 Å². The number of carbonyl (C=O) groups is 1. The van der Waals surface area contributed by atoms with Crippen LogP contribution in [-0.2, 0) is 11.3 Å². The molecule has 0 aliphatic carbocycles. The topological polar surface area (TPSA) is 47.4 Å². The number of hydrogen-bond donors (Lipinski definition) is 0. The number of esters is 1. The van der Waals surface area contributed by atoms with Gasteiger partial charge in [0.2, 0.25) is 0 Å². The Morgan fingerprint density at radius 1 is 1.60 bits per heavy atom. The third-order valence-corrected chi connectivity index (χ3v) is 1.90. The van der Waals surface area contributed by atoms with Crippen molar-refractivity contribution in [2.45, 2.75) is 13.5 Å². The lowest BCUT2D eigenvalue weighted by molar-refractivity contribution is 0.0518. The van der Waals surface area contributed by atoms with E-state index in [1.54, 1.807) is 23.9 Å². The molecule has 0 spiro atoms. The predicted molar refractivity (Wildman–Crippen MR) is 56.7 cm³/mol. The van der Waals surface area contributed by atoms with Gasteiger partial charge in [-0.1, -0.05) is 0 Å². The Labute approximate surface area is 89.6 Å². The summed E-state index contributed by atoms with van der Waals surface area (Å²) in [5.74, 6) is -0.360. The minimum absolute atomic E-state index is 0.360. The molecule has 0 radical (unpaired) electrons. The van der Waals surface area contributed by atoms with Crippen molar-refractivity contribution in [1.29, 1.82) is 0 Å². The van der Waals surface area contributed by atoms with Crippen LogP contribution in [0.4, 0.5) is 0 Å². The first-order valence-electron chi connectivity index (χ1n) is 4.98. The molecule has 0 fully saturated rings. The monoisotopic (exact) mass is 211 g/mol. The fourth-order valence-electron chi connectivity index (χ4n) is 1.10. The van der Waals surface area contributed by atoms with E-state index in [9.17, 15) is 4.79 Å². The summed E-state index contributed by atoms with van der Waals surface area (Å²) < 4.78 is 6.58. The Balaban J connectivity index is 2.52. The number of ether oxygens (including phenoxy) is 1. The molecule has 1 heterocycles. The Kier molecular flexibility index (Phi) is 4.30. The average molecular weight is 211 g/mol. The lowest BCUT2D eigenvalue weighted by Gasteiger charge is -2.08. The van der Waals surface area contributed by atoms with E-state index in [1.165, 1.54) is 0 Å². The highest BCUT2D eigenvalue weighted by molar-refractivity contribution is 5.86. The largest absolute Gasteiger partial charge is 0.461 e. The van der Waals surface area contributed by atoms with Gasteiger partial charge in [0.1, 0.15) is 0 Å². The molecule has 5 heteroatoms. The first kappa shape index (κ1) is 11.7. The van der Waals surface area contributed by atoms with Gasteiger partial charge in [-0.25, -0.2) is 4.79 Å². The summed E-state index contributed by atoms with van der Waals surface area (Å²) in [6.45, 7) is 3.82. The maximum absolute atomic E-state index is 11.3. The highest BCUT2D eigenvalue weighted by Gasteiger charge is 2.09. The van der Waals surface area contributed by atoms with Gasteiger partial charge in [0.05, 0.1) is 13.2 Å². The van der Waals surface area contributed by atoms with Gasteiger partial charge >= 0.3 is 5.97 Å². The van der Waals surface area contributed by atoms with Crippen molar-refractivity contribution in [2.24, 2.45) is 0 Å².